The molecule has 0 fully saturated rings. The Morgan fingerprint density at radius 3 is 1.67 bits per heavy atom. The minimum absolute atomic E-state index is 0.0394. The molecule has 0 aromatic carbocycles. The van der Waals surface area contributed by atoms with Crippen LogP contribution in [-0.2, 0) is 0 Å². The van der Waals surface area contributed by atoms with Crippen molar-refractivity contribution in [2.45, 2.75) is 27.6 Å². The van der Waals surface area contributed by atoms with Crippen molar-refractivity contribution in [2.75, 3.05) is 0 Å². The van der Waals surface area contributed by atoms with Gasteiger partial charge in [-0.1, -0.05) is 11.1 Å². The second-order valence-corrected chi connectivity index (χ2v) is 1.25. The van der Waals surface area contributed by atoms with Gasteiger partial charge in [0.1, 0.15) is 0 Å². The van der Waals surface area contributed by atoms with E-state index in [1.54, 1.807) is 0 Å². The normalized spacial score (nSPS) is 33.0. The molecule has 0 spiro atoms. The second kappa shape index (κ2) is 2.01. The first-order valence-corrected chi connectivity index (χ1v) is 1.75. The van der Waals surface area contributed by atoms with Crippen LogP contribution in [-0.4, -0.2) is 0 Å². The van der Waals surface area contributed by atoms with E-state index in [9.17, 15) is 0 Å². The molecule has 0 bridgehead atoms. The first kappa shape index (κ1) is 1.12. The fraction of sp³-hybridized carbons (Fsp3) is 0.667. The highest BCUT2D eigenvalue weighted by Crippen LogP contribution is 1.96. The molecular weight excluding hydrogens is 72.1 g/mol. The van der Waals surface area contributed by atoms with Gasteiger partial charge in [-0.15, -0.1) is 0 Å². The van der Waals surface area contributed by atoms with Gasteiger partial charge in [-0.05, 0) is 27.6 Å². The van der Waals surface area contributed by atoms with Crippen LogP contribution in [0.2, 0.25) is 0 Å². The summed E-state index contributed by atoms with van der Waals surface area (Å²) >= 11 is 0. The third-order valence-electron chi connectivity index (χ3n) is 0.562. The van der Waals surface area contributed by atoms with E-state index in [0.29, 0.717) is 0 Å². The molecule has 0 rings (SSSR count). The maximum Gasteiger partial charge on any atom is 0.0276 e. The zero-order valence-electron chi connectivity index (χ0n) is 10.0. The molecule has 36 valence electrons. The fourth-order valence-corrected chi connectivity index (χ4v) is 0. The Morgan fingerprint density at radius 1 is 1.17 bits per heavy atom. The Morgan fingerprint density at radius 2 is 1.50 bits per heavy atom. The average Bonchev–Trinajstić information content (AvgIpc) is 1.80. The maximum absolute atomic E-state index is 6.97. The summed E-state index contributed by atoms with van der Waals surface area (Å²) in [5.74, 6) is 0. The predicted molar refractivity (Wildman–Crippen MR) is 29.7 cm³/mol. The van der Waals surface area contributed by atoms with Gasteiger partial charge in [0.05, 0.1) is 0 Å². The van der Waals surface area contributed by atoms with Gasteiger partial charge in [0.15, 0.2) is 0 Å². The maximum atomic E-state index is 6.97. The minimum atomic E-state index is -2.29. The standard InChI is InChI=1S/C6H12/c1-5(2)6(3)4/h1-4H3/i1D3,3D3/b6-5-. The van der Waals surface area contributed by atoms with E-state index in [4.69, 9.17) is 8.22 Å². The van der Waals surface area contributed by atoms with Crippen LogP contribution in [0.3, 0.4) is 0 Å². The van der Waals surface area contributed by atoms with E-state index in [-0.39, 0.29) is 11.1 Å². The van der Waals surface area contributed by atoms with Gasteiger partial charge < -0.3 is 0 Å². The van der Waals surface area contributed by atoms with Crippen molar-refractivity contribution in [3.63, 3.8) is 0 Å². The Kier molecular flexibility index (Phi) is 0.375. The monoisotopic (exact) mass is 90.1 g/mol. The SMILES string of the molecule is [2H]C([2H])([2H])/C(C)=C(/C)C([2H])([2H])[2H]. The quantitative estimate of drug-likeness (QED) is 0.400. The van der Waals surface area contributed by atoms with Crippen LogP contribution in [0.5, 0.6) is 0 Å². The highest BCUT2D eigenvalue weighted by atomic mass is 13.8. The Hall–Kier alpha value is -0.260. The van der Waals surface area contributed by atoms with Gasteiger partial charge in [-0.25, -0.2) is 0 Å². The summed E-state index contributed by atoms with van der Waals surface area (Å²) in [6.45, 7) is -1.93. The molecule has 0 heteroatoms. The lowest BCUT2D eigenvalue weighted by atomic mass is 10.2. The zero-order valence-corrected chi connectivity index (χ0v) is 4.00. The summed E-state index contributed by atoms with van der Waals surface area (Å²) in [4.78, 5) is 0. The number of allylic oxidation sites excluding steroid dienone is 2. The van der Waals surface area contributed by atoms with Gasteiger partial charge in [0.25, 0.3) is 0 Å². The van der Waals surface area contributed by atoms with Crippen LogP contribution in [0.4, 0.5) is 0 Å². The van der Waals surface area contributed by atoms with E-state index in [2.05, 4.69) is 0 Å². The fourth-order valence-electron chi connectivity index (χ4n) is 0. The molecule has 0 unspecified atom stereocenters. The lowest BCUT2D eigenvalue weighted by Gasteiger charge is -1.88. The van der Waals surface area contributed by atoms with Crippen molar-refractivity contribution in [3.05, 3.63) is 11.1 Å². The van der Waals surface area contributed by atoms with Crippen LogP contribution < -0.4 is 0 Å². The molecule has 6 heavy (non-hydrogen) atoms. The lowest BCUT2D eigenvalue weighted by molar-refractivity contribution is 1.23. The Labute approximate surface area is 48.3 Å². The lowest BCUT2D eigenvalue weighted by Crippen LogP contribution is -1.66. The third kappa shape index (κ3) is 2.01. The minimum Gasteiger partial charge on any atom is -0.0778 e. The van der Waals surface area contributed by atoms with Crippen molar-refractivity contribution in [2.24, 2.45) is 0 Å². The van der Waals surface area contributed by atoms with Crippen LogP contribution >= 0.6 is 0 Å². The van der Waals surface area contributed by atoms with Gasteiger partial charge in [0, 0.05) is 8.22 Å². The van der Waals surface area contributed by atoms with E-state index in [0.717, 1.165) is 0 Å². The Balaban J connectivity index is 4.96. The molecule has 0 atom stereocenters. The van der Waals surface area contributed by atoms with Crippen LogP contribution in [0, 0.1) is 0 Å². The molecular formula is C6H12. The summed E-state index contributed by atoms with van der Waals surface area (Å²) in [6.07, 6.45) is 0. The summed E-state index contributed by atoms with van der Waals surface area (Å²) in [6, 6.07) is 0. The molecule has 0 aromatic heterocycles. The van der Waals surface area contributed by atoms with Crippen molar-refractivity contribution < 1.29 is 8.22 Å². The molecule has 0 amide bonds. The number of rotatable bonds is 0. The molecule has 0 aliphatic heterocycles. The van der Waals surface area contributed by atoms with E-state index in [1.807, 2.05) is 0 Å². The first-order chi connectivity index (χ1) is 5.07. The van der Waals surface area contributed by atoms with E-state index in [1.165, 1.54) is 13.8 Å². The van der Waals surface area contributed by atoms with Crippen molar-refractivity contribution >= 4 is 0 Å². The smallest absolute Gasteiger partial charge is 0.0276 e. The molecule has 0 heterocycles. The van der Waals surface area contributed by atoms with Crippen LogP contribution in [0.1, 0.15) is 35.8 Å². The molecule has 0 saturated carbocycles. The summed E-state index contributed by atoms with van der Waals surface area (Å²) < 4.78 is 41.8. The van der Waals surface area contributed by atoms with E-state index >= 15 is 0 Å². The summed E-state index contributed by atoms with van der Waals surface area (Å²) in [5.41, 5.74) is -0.0787. The topological polar surface area (TPSA) is 0 Å². The summed E-state index contributed by atoms with van der Waals surface area (Å²) in [7, 11) is 0. The zero-order chi connectivity index (χ0) is 10.2. The van der Waals surface area contributed by atoms with Gasteiger partial charge in [-0.2, -0.15) is 0 Å². The highest BCUT2D eigenvalue weighted by Gasteiger charge is 1.75. The predicted octanol–water partition coefficient (Wildman–Crippen LogP) is 2.36. The molecule has 0 aromatic rings. The van der Waals surface area contributed by atoms with Crippen molar-refractivity contribution in [1.82, 2.24) is 0 Å². The first-order valence-electron chi connectivity index (χ1n) is 4.75. The molecule has 0 nitrogen and oxygen atoms in total. The summed E-state index contributed by atoms with van der Waals surface area (Å²) in [5, 5.41) is 0. The van der Waals surface area contributed by atoms with Gasteiger partial charge >= 0.3 is 0 Å². The van der Waals surface area contributed by atoms with Crippen molar-refractivity contribution in [3.8, 4) is 0 Å². The van der Waals surface area contributed by atoms with Gasteiger partial charge in [-0.3, -0.25) is 0 Å². The molecule has 0 saturated heterocycles. The van der Waals surface area contributed by atoms with Crippen LogP contribution in [0.25, 0.3) is 0 Å². The largest absolute Gasteiger partial charge is 0.0778 e. The number of hydrogen-bond donors (Lipinski definition) is 0. The van der Waals surface area contributed by atoms with Crippen LogP contribution in [0.15, 0.2) is 11.1 Å². The second-order valence-electron chi connectivity index (χ2n) is 1.25. The molecule has 0 aliphatic carbocycles. The van der Waals surface area contributed by atoms with E-state index < -0.39 is 13.7 Å². The molecule has 0 aliphatic rings. The van der Waals surface area contributed by atoms with Crippen molar-refractivity contribution in [1.29, 1.82) is 0 Å². The highest BCUT2D eigenvalue weighted by molar-refractivity contribution is 5.02. The third-order valence-corrected chi connectivity index (χ3v) is 0.562. The molecule has 0 N–H and O–H groups in total. The average molecular weight is 90.2 g/mol. The molecule has 0 radical (unpaired) electrons. The Bertz CT molecular complexity index is 171. The number of hydrogen-bond acceptors (Lipinski definition) is 0. The van der Waals surface area contributed by atoms with Gasteiger partial charge in [0.2, 0.25) is 0 Å².